The van der Waals surface area contributed by atoms with Gasteiger partial charge in [-0.15, -0.1) is 0 Å². The fourth-order valence-electron chi connectivity index (χ4n) is 2.31. The largest absolute Gasteiger partial charge is 0.316 e. The van der Waals surface area contributed by atoms with Crippen molar-refractivity contribution >= 4 is 15.9 Å². The van der Waals surface area contributed by atoms with E-state index in [-0.39, 0.29) is 5.56 Å². The van der Waals surface area contributed by atoms with E-state index >= 15 is 0 Å². The van der Waals surface area contributed by atoms with Crippen LogP contribution in [0.2, 0.25) is 0 Å². The number of hydrogen-bond donors (Lipinski definition) is 1. The summed E-state index contributed by atoms with van der Waals surface area (Å²) in [5.41, 5.74) is 0.216. The van der Waals surface area contributed by atoms with Crippen LogP contribution in [0.4, 0.5) is 8.78 Å². The van der Waals surface area contributed by atoms with E-state index < -0.39 is 11.6 Å². The molecule has 1 fully saturated rings. The van der Waals surface area contributed by atoms with Gasteiger partial charge in [0.05, 0.1) is 4.47 Å². The summed E-state index contributed by atoms with van der Waals surface area (Å²) in [6.45, 7) is 1.87. The van der Waals surface area contributed by atoms with Crippen LogP contribution < -0.4 is 5.32 Å². The predicted molar refractivity (Wildman–Crippen MR) is 68.0 cm³/mol. The molecule has 17 heavy (non-hydrogen) atoms. The zero-order valence-corrected chi connectivity index (χ0v) is 11.2. The van der Waals surface area contributed by atoms with Gasteiger partial charge in [0.25, 0.3) is 0 Å². The molecule has 4 heteroatoms. The molecule has 1 nitrogen and oxygen atoms in total. The summed E-state index contributed by atoms with van der Waals surface area (Å²) in [5, 5.41) is 3.31. The van der Waals surface area contributed by atoms with Crippen LogP contribution >= 0.6 is 15.9 Å². The van der Waals surface area contributed by atoms with E-state index in [0.717, 1.165) is 32.4 Å². The van der Waals surface area contributed by atoms with Crippen molar-refractivity contribution in [3.05, 3.63) is 33.8 Å². The molecule has 1 N–H and O–H groups in total. The fourth-order valence-corrected chi connectivity index (χ4v) is 2.68. The smallest absolute Gasteiger partial charge is 0.143 e. The monoisotopic (exact) mass is 303 g/mol. The zero-order chi connectivity index (χ0) is 12.3. The highest BCUT2D eigenvalue weighted by Crippen LogP contribution is 2.25. The molecule has 2 rings (SSSR count). The number of hydrogen-bond acceptors (Lipinski definition) is 1. The van der Waals surface area contributed by atoms with Crippen molar-refractivity contribution in [3.63, 3.8) is 0 Å². The molecule has 0 amide bonds. The first kappa shape index (κ1) is 13.0. The summed E-state index contributed by atoms with van der Waals surface area (Å²) < 4.78 is 27.8. The molecule has 1 saturated heterocycles. The molecule has 0 bridgehead atoms. The Labute approximate surface area is 109 Å². The Balaban J connectivity index is 2.14. The topological polar surface area (TPSA) is 12.0 Å². The molecule has 1 aliphatic rings. The van der Waals surface area contributed by atoms with E-state index in [9.17, 15) is 8.78 Å². The van der Waals surface area contributed by atoms with Crippen LogP contribution in [-0.4, -0.2) is 13.1 Å². The van der Waals surface area contributed by atoms with Gasteiger partial charge in [-0.3, -0.25) is 0 Å². The van der Waals surface area contributed by atoms with Crippen LogP contribution in [-0.2, 0) is 6.42 Å². The van der Waals surface area contributed by atoms with E-state index in [2.05, 4.69) is 21.2 Å². The third-order valence-electron chi connectivity index (χ3n) is 3.28. The SMILES string of the molecule is Fc1ccc(Br)c(F)c1CC1CCCCNC1. The minimum absolute atomic E-state index is 0.216. The molecule has 1 heterocycles. The van der Waals surface area contributed by atoms with Gasteiger partial charge in [-0.1, -0.05) is 6.42 Å². The van der Waals surface area contributed by atoms with Crippen LogP contribution in [0.5, 0.6) is 0 Å². The second-order valence-corrected chi connectivity index (χ2v) is 5.45. The average molecular weight is 304 g/mol. The maximum Gasteiger partial charge on any atom is 0.143 e. The predicted octanol–water partition coefficient (Wildman–Crippen LogP) is 3.66. The van der Waals surface area contributed by atoms with Crippen molar-refractivity contribution in [1.29, 1.82) is 0 Å². The minimum Gasteiger partial charge on any atom is -0.316 e. The molecule has 0 spiro atoms. The Morgan fingerprint density at radius 2 is 2.12 bits per heavy atom. The van der Waals surface area contributed by atoms with Crippen LogP contribution in [0.1, 0.15) is 24.8 Å². The van der Waals surface area contributed by atoms with E-state index in [4.69, 9.17) is 0 Å². The molecule has 1 aliphatic heterocycles. The molecule has 94 valence electrons. The lowest BCUT2D eigenvalue weighted by atomic mass is 9.94. The number of rotatable bonds is 2. The van der Waals surface area contributed by atoms with Crippen LogP contribution in [0.15, 0.2) is 16.6 Å². The lowest BCUT2D eigenvalue weighted by Crippen LogP contribution is -2.22. The Hall–Kier alpha value is -0.480. The molecular weight excluding hydrogens is 288 g/mol. The molecule has 0 radical (unpaired) electrons. The van der Waals surface area contributed by atoms with Gasteiger partial charge in [0.2, 0.25) is 0 Å². The number of benzene rings is 1. The lowest BCUT2D eigenvalue weighted by molar-refractivity contribution is 0.449. The van der Waals surface area contributed by atoms with Crippen molar-refractivity contribution in [2.75, 3.05) is 13.1 Å². The van der Waals surface area contributed by atoms with Gasteiger partial charge in [0.15, 0.2) is 0 Å². The lowest BCUT2D eigenvalue weighted by Gasteiger charge is -2.15. The fraction of sp³-hybridized carbons (Fsp3) is 0.538. The van der Waals surface area contributed by atoms with Gasteiger partial charge in [-0.25, -0.2) is 8.78 Å². The molecule has 1 aromatic rings. The highest BCUT2D eigenvalue weighted by Gasteiger charge is 2.18. The van der Waals surface area contributed by atoms with Crippen molar-refractivity contribution in [3.8, 4) is 0 Å². The van der Waals surface area contributed by atoms with Crippen LogP contribution in [0.25, 0.3) is 0 Å². The standard InChI is InChI=1S/C13H16BrF2N/c14-11-4-5-12(15)10(13(11)16)7-9-3-1-2-6-17-8-9/h4-5,9,17H,1-3,6-8H2. The van der Waals surface area contributed by atoms with Crippen molar-refractivity contribution in [2.24, 2.45) is 5.92 Å². The highest BCUT2D eigenvalue weighted by atomic mass is 79.9. The highest BCUT2D eigenvalue weighted by molar-refractivity contribution is 9.10. The second-order valence-electron chi connectivity index (χ2n) is 4.59. The quantitative estimate of drug-likeness (QED) is 0.822. The maximum atomic E-state index is 13.8. The number of halogens is 3. The van der Waals surface area contributed by atoms with Gasteiger partial charge in [-0.05, 0) is 66.3 Å². The normalized spacial score (nSPS) is 21.2. The van der Waals surface area contributed by atoms with Gasteiger partial charge in [-0.2, -0.15) is 0 Å². The van der Waals surface area contributed by atoms with Crippen molar-refractivity contribution < 1.29 is 8.78 Å². The summed E-state index contributed by atoms with van der Waals surface area (Å²) in [5.74, 6) is -0.556. The average Bonchev–Trinajstić information content (AvgIpc) is 2.58. The third-order valence-corrected chi connectivity index (χ3v) is 3.89. The summed E-state index contributed by atoms with van der Waals surface area (Å²) in [6, 6.07) is 2.74. The van der Waals surface area contributed by atoms with E-state index in [0.29, 0.717) is 16.8 Å². The maximum absolute atomic E-state index is 13.8. The molecule has 1 atom stereocenters. The van der Waals surface area contributed by atoms with E-state index in [1.54, 1.807) is 0 Å². The van der Waals surface area contributed by atoms with Gasteiger partial charge in [0.1, 0.15) is 11.6 Å². The first-order valence-electron chi connectivity index (χ1n) is 6.01. The molecule has 0 saturated carbocycles. The Morgan fingerprint density at radius 1 is 1.29 bits per heavy atom. The summed E-state index contributed by atoms with van der Waals surface area (Å²) >= 11 is 3.10. The Bertz CT molecular complexity index is 387. The summed E-state index contributed by atoms with van der Waals surface area (Å²) in [4.78, 5) is 0. The van der Waals surface area contributed by atoms with Crippen LogP contribution in [0, 0.1) is 17.6 Å². The molecule has 0 aromatic heterocycles. The van der Waals surface area contributed by atoms with E-state index in [1.807, 2.05) is 0 Å². The van der Waals surface area contributed by atoms with Gasteiger partial charge < -0.3 is 5.32 Å². The Morgan fingerprint density at radius 3 is 2.94 bits per heavy atom. The Kier molecular flexibility index (Phi) is 4.51. The molecule has 1 unspecified atom stereocenters. The second kappa shape index (κ2) is 5.91. The molecule has 0 aliphatic carbocycles. The van der Waals surface area contributed by atoms with Crippen molar-refractivity contribution in [2.45, 2.75) is 25.7 Å². The molecular formula is C13H16BrF2N. The first-order chi connectivity index (χ1) is 8.18. The summed E-state index contributed by atoms with van der Waals surface area (Å²) in [7, 11) is 0. The van der Waals surface area contributed by atoms with Gasteiger partial charge >= 0.3 is 0 Å². The zero-order valence-electron chi connectivity index (χ0n) is 9.61. The third kappa shape index (κ3) is 3.26. The number of nitrogens with one attached hydrogen (secondary N) is 1. The first-order valence-corrected chi connectivity index (χ1v) is 6.81. The summed E-state index contributed by atoms with van der Waals surface area (Å²) in [6.07, 6.45) is 3.80. The van der Waals surface area contributed by atoms with Crippen LogP contribution in [0.3, 0.4) is 0 Å². The van der Waals surface area contributed by atoms with E-state index in [1.165, 1.54) is 12.1 Å². The minimum atomic E-state index is -0.450. The van der Waals surface area contributed by atoms with Crippen molar-refractivity contribution in [1.82, 2.24) is 5.32 Å². The molecule has 1 aromatic carbocycles. The van der Waals surface area contributed by atoms with Gasteiger partial charge in [0, 0.05) is 5.56 Å².